The monoisotopic (exact) mass is 432 g/mol. The van der Waals surface area contributed by atoms with Crippen LogP contribution in [0.1, 0.15) is 27.4 Å². The van der Waals surface area contributed by atoms with Gasteiger partial charge in [-0.25, -0.2) is 4.98 Å². The Hall–Kier alpha value is -3.65. The third-order valence-corrected chi connectivity index (χ3v) is 5.31. The summed E-state index contributed by atoms with van der Waals surface area (Å²) in [6.45, 7) is 2.24. The molecular formula is C23H20N4O3S. The number of ether oxygens (including phenoxy) is 1. The molecule has 0 aliphatic heterocycles. The lowest BCUT2D eigenvalue weighted by Gasteiger charge is -2.11. The molecule has 0 saturated heterocycles. The van der Waals surface area contributed by atoms with Gasteiger partial charge in [0.1, 0.15) is 23.1 Å². The van der Waals surface area contributed by atoms with E-state index in [2.05, 4.69) is 20.4 Å². The van der Waals surface area contributed by atoms with Crippen LogP contribution in [0.15, 0.2) is 82.7 Å². The summed E-state index contributed by atoms with van der Waals surface area (Å²) in [6.07, 6.45) is 5.14. The van der Waals surface area contributed by atoms with E-state index in [0.717, 1.165) is 17.0 Å². The number of rotatable bonds is 8. The lowest BCUT2D eigenvalue weighted by molar-refractivity contribution is 0.102. The van der Waals surface area contributed by atoms with Crippen LogP contribution in [0, 0.1) is 6.92 Å². The van der Waals surface area contributed by atoms with Crippen molar-refractivity contribution in [3.05, 3.63) is 95.8 Å². The minimum atomic E-state index is -0.239. The molecule has 0 aliphatic rings. The molecule has 1 N–H and O–H groups in total. The average Bonchev–Trinajstić information content (AvgIpc) is 3.22. The maximum absolute atomic E-state index is 12.9. The van der Waals surface area contributed by atoms with E-state index in [9.17, 15) is 4.79 Å². The van der Waals surface area contributed by atoms with Crippen molar-refractivity contribution >= 4 is 23.4 Å². The number of aryl methyl sites for hydroxylation is 1. The van der Waals surface area contributed by atoms with Gasteiger partial charge in [-0.1, -0.05) is 29.1 Å². The molecule has 0 aliphatic carbocycles. The molecule has 0 radical (unpaired) electrons. The van der Waals surface area contributed by atoms with E-state index in [1.54, 1.807) is 36.8 Å². The van der Waals surface area contributed by atoms with Crippen molar-refractivity contribution < 1.29 is 14.1 Å². The summed E-state index contributed by atoms with van der Waals surface area (Å²) in [7, 11) is 0. The van der Waals surface area contributed by atoms with Crippen LogP contribution < -0.4 is 10.1 Å². The lowest BCUT2D eigenvalue weighted by Crippen LogP contribution is -2.13. The summed E-state index contributed by atoms with van der Waals surface area (Å²) in [6, 6.07) is 16.5. The van der Waals surface area contributed by atoms with Gasteiger partial charge in [0.15, 0.2) is 0 Å². The molecule has 4 aromatic rings. The van der Waals surface area contributed by atoms with Crippen molar-refractivity contribution in [1.29, 1.82) is 0 Å². The second-order valence-electron chi connectivity index (χ2n) is 6.71. The third kappa shape index (κ3) is 5.70. The fraction of sp³-hybridized carbons (Fsp3) is 0.130. The summed E-state index contributed by atoms with van der Waals surface area (Å²) in [5.74, 6) is 1.73. The van der Waals surface area contributed by atoms with Gasteiger partial charge in [0.25, 0.3) is 5.91 Å². The van der Waals surface area contributed by atoms with Crippen molar-refractivity contribution in [3.63, 3.8) is 0 Å². The molecule has 3 heterocycles. The molecule has 0 saturated carbocycles. The fourth-order valence-electron chi connectivity index (χ4n) is 2.82. The average molecular weight is 433 g/mol. The molecule has 4 rings (SSSR count). The van der Waals surface area contributed by atoms with Gasteiger partial charge in [0.2, 0.25) is 0 Å². The smallest absolute Gasteiger partial charge is 0.258 e. The molecule has 3 aromatic heterocycles. The van der Waals surface area contributed by atoms with E-state index in [-0.39, 0.29) is 5.91 Å². The van der Waals surface area contributed by atoms with E-state index in [4.69, 9.17) is 9.26 Å². The molecule has 8 heteroatoms. The van der Waals surface area contributed by atoms with E-state index in [1.165, 1.54) is 11.8 Å². The van der Waals surface area contributed by atoms with Gasteiger partial charge < -0.3 is 14.6 Å². The van der Waals surface area contributed by atoms with Crippen LogP contribution in [0.5, 0.6) is 5.75 Å². The molecule has 0 spiro atoms. The van der Waals surface area contributed by atoms with Crippen molar-refractivity contribution in [1.82, 2.24) is 15.1 Å². The number of anilines is 1. The number of benzene rings is 1. The van der Waals surface area contributed by atoms with Crippen molar-refractivity contribution in [2.45, 2.75) is 24.3 Å². The molecule has 7 nitrogen and oxygen atoms in total. The Morgan fingerprint density at radius 3 is 2.84 bits per heavy atom. The second-order valence-corrected chi connectivity index (χ2v) is 7.67. The maximum Gasteiger partial charge on any atom is 0.258 e. The highest BCUT2D eigenvalue weighted by Crippen LogP contribution is 2.25. The lowest BCUT2D eigenvalue weighted by atomic mass is 10.2. The van der Waals surface area contributed by atoms with E-state index >= 15 is 0 Å². The summed E-state index contributed by atoms with van der Waals surface area (Å²) >= 11 is 1.44. The fourth-order valence-corrected chi connectivity index (χ4v) is 3.69. The molecule has 0 bridgehead atoms. The van der Waals surface area contributed by atoms with E-state index in [0.29, 0.717) is 34.4 Å². The number of thioether (sulfide) groups is 1. The highest BCUT2D eigenvalue weighted by Gasteiger charge is 2.14. The molecule has 0 fully saturated rings. The Labute approximate surface area is 183 Å². The zero-order chi connectivity index (χ0) is 21.5. The summed E-state index contributed by atoms with van der Waals surface area (Å²) in [4.78, 5) is 21.3. The highest BCUT2D eigenvalue weighted by molar-refractivity contribution is 7.98. The van der Waals surface area contributed by atoms with Crippen molar-refractivity contribution in [2.75, 3.05) is 5.32 Å². The first-order valence-electron chi connectivity index (χ1n) is 9.60. The highest BCUT2D eigenvalue weighted by atomic mass is 32.2. The molecule has 0 atom stereocenters. The number of aromatic nitrogens is 3. The quantitative estimate of drug-likeness (QED) is 0.396. The molecule has 1 amide bonds. The van der Waals surface area contributed by atoms with Crippen LogP contribution in [-0.4, -0.2) is 21.0 Å². The minimum Gasteiger partial charge on any atom is -0.489 e. The zero-order valence-electron chi connectivity index (χ0n) is 16.8. The Bertz CT molecular complexity index is 1160. The predicted octanol–water partition coefficient (Wildman–Crippen LogP) is 4.90. The molecular weight excluding hydrogens is 412 g/mol. The van der Waals surface area contributed by atoms with Gasteiger partial charge in [-0.3, -0.25) is 9.78 Å². The van der Waals surface area contributed by atoms with Gasteiger partial charge >= 0.3 is 0 Å². The van der Waals surface area contributed by atoms with Gasteiger partial charge in [0, 0.05) is 47.7 Å². The van der Waals surface area contributed by atoms with Crippen LogP contribution >= 0.6 is 11.8 Å². The first-order chi connectivity index (χ1) is 15.2. The first kappa shape index (κ1) is 20.6. The molecule has 156 valence electrons. The number of hydrogen-bond donors (Lipinski definition) is 1. The Morgan fingerprint density at radius 1 is 1.13 bits per heavy atom. The van der Waals surface area contributed by atoms with Gasteiger partial charge in [-0.15, -0.1) is 0 Å². The van der Waals surface area contributed by atoms with Crippen molar-refractivity contribution in [3.8, 4) is 5.75 Å². The first-order valence-corrected chi connectivity index (χ1v) is 10.6. The van der Waals surface area contributed by atoms with Crippen LogP contribution in [-0.2, 0) is 12.4 Å². The van der Waals surface area contributed by atoms with E-state index in [1.807, 2.05) is 43.3 Å². The van der Waals surface area contributed by atoms with Crippen molar-refractivity contribution in [2.24, 2.45) is 0 Å². The van der Waals surface area contributed by atoms with Gasteiger partial charge in [0.05, 0.1) is 11.3 Å². The standard InChI is InChI=1S/C23H20N4O3S/c1-16-11-19(27-30-16)15-31-23-21(8-4-10-25-23)22(28)26-18-6-2-7-20(12-18)29-14-17-5-3-9-24-13-17/h2-13H,14-15H2,1H3,(H,26,28). The number of amides is 1. The zero-order valence-corrected chi connectivity index (χ0v) is 17.6. The SMILES string of the molecule is Cc1cc(CSc2ncccc2C(=O)Nc2cccc(OCc3cccnc3)c2)no1. The summed E-state index contributed by atoms with van der Waals surface area (Å²) < 4.78 is 10.9. The summed E-state index contributed by atoms with van der Waals surface area (Å²) in [5, 5.41) is 7.53. The number of nitrogens with zero attached hydrogens (tertiary/aromatic N) is 3. The number of carbonyl (C=O) groups is 1. The predicted molar refractivity (Wildman–Crippen MR) is 118 cm³/mol. The van der Waals surface area contributed by atoms with Gasteiger partial charge in [-0.05, 0) is 37.3 Å². The molecule has 1 aromatic carbocycles. The number of carbonyl (C=O) groups excluding carboxylic acids is 1. The number of nitrogens with one attached hydrogen (secondary N) is 1. The Morgan fingerprint density at radius 2 is 2.03 bits per heavy atom. The molecule has 31 heavy (non-hydrogen) atoms. The van der Waals surface area contributed by atoms with Crippen LogP contribution in [0.3, 0.4) is 0 Å². The Balaban J connectivity index is 1.41. The topological polar surface area (TPSA) is 90.1 Å². The van der Waals surface area contributed by atoms with Gasteiger partial charge in [-0.2, -0.15) is 0 Å². The minimum absolute atomic E-state index is 0.239. The number of hydrogen-bond acceptors (Lipinski definition) is 7. The normalized spacial score (nSPS) is 10.6. The summed E-state index contributed by atoms with van der Waals surface area (Å²) in [5.41, 5.74) is 2.91. The van der Waals surface area contributed by atoms with Crippen LogP contribution in [0.25, 0.3) is 0 Å². The second kappa shape index (κ2) is 9.90. The third-order valence-electron chi connectivity index (χ3n) is 4.27. The number of pyridine rings is 2. The van der Waals surface area contributed by atoms with Crippen LogP contribution in [0.4, 0.5) is 5.69 Å². The molecule has 0 unspecified atom stereocenters. The maximum atomic E-state index is 12.9. The largest absolute Gasteiger partial charge is 0.489 e. The van der Waals surface area contributed by atoms with Crippen LogP contribution in [0.2, 0.25) is 0 Å². The van der Waals surface area contributed by atoms with E-state index < -0.39 is 0 Å². The Kier molecular flexibility index (Phi) is 6.59.